The summed E-state index contributed by atoms with van der Waals surface area (Å²) in [4.78, 5) is 21.6. The minimum Gasteiger partial charge on any atom is -0.466 e. The monoisotopic (exact) mass is 434 g/mol. The Kier molecular flexibility index (Phi) is 13.0. The number of esters is 2. The van der Waals surface area contributed by atoms with Crippen molar-refractivity contribution in [3.8, 4) is 0 Å². The second-order valence-corrected chi connectivity index (χ2v) is 5.42. The lowest BCUT2D eigenvalue weighted by atomic mass is 9.95. The van der Waals surface area contributed by atoms with Gasteiger partial charge in [0.25, 0.3) is 0 Å². The van der Waals surface area contributed by atoms with Crippen LogP contribution in [0.2, 0.25) is 0 Å². The van der Waals surface area contributed by atoms with E-state index in [4.69, 9.17) is 0 Å². The highest BCUT2D eigenvalue weighted by molar-refractivity contribution is 5.83. The lowest BCUT2D eigenvalue weighted by Crippen LogP contribution is -2.46. The number of alkyl halides is 6. The normalized spacial score (nSPS) is 14.0. The van der Waals surface area contributed by atoms with Crippen molar-refractivity contribution in [3.63, 3.8) is 0 Å². The maximum atomic E-state index is 12.4. The molecule has 0 radical (unpaired) electrons. The van der Waals surface area contributed by atoms with E-state index in [2.05, 4.69) is 22.6 Å². The highest BCUT2D eigenvalue weighted by Crippen LogP contribution is 2.36. The molecular formula is C18H24F6O5. The van der Waals surface area contributed by atoms with Crippen LogP contribution in [0, 0.1) is 0 Å². The Hall–Kier alpha value is -2.30. The summed E-state index contributed by atoms with van der Waals surface area (Å²) in [5.41, 5.74) is -4.04. The van der Waals surface area contributed by atoms with Gasteiger partial charge in [0.1, 0.15) is 0 Å². The van der Waals surface area contributed by atoms with Crippen LogP contribution in [0.25, 0.3) is 0 Å². The lowest BCUT2D eigenvalue weighted by Gasteiger charge is -2.28. The van der Waals surface area contributed by atoms with Gasteiger partial charge in [-0.25, -0.2) is 4.79 Å². The molecule has 0 amide bonds. The fraction of sp³-hybridized carbons (Fsp3) is 0.556. The molecule has 0 aliphatic carbocycles. The highest BCUT2D eigenvalue weighted by Gasteiger charge is 2.54. The molecule has 0 rings (SSSR count). The van der Waals surface area contributed by atoms with Crippen molar-refractivity contribution < 1.29 is 50.5 Å². The van der Waals surface area contributed by atoms with Crippen LogP contribution in [0.5, 0.6) is 0 Å². The maximum Gasteiger partial charge on any atom is 0.418 e. The number of ether oxygens (including phenoxy) is 2. The van der Waals surface area contributed by atoms with Crippen LogP contribution < -0.4 is 0 Å². The molecule has 11 heteroatoms. The highest BCUT2D eigenvalue weighted by atomic mass is 19.4. The predicted octanol–water partition coefficient (Wildman–Crippen LogP) is 4.42. The Labute approximate surface area is 164 Å². The Morgan fingerprint density at radius 2 is 1.48 bits per heavy atom. The van der Waals surface area contributed by atoms with Crippen LogP contribution in [-0.4, -0.2) is 48.2 Å². The summed E-state index contributed by atoms with van der Waals surface area (Å²) in [6.45, 7) is 9.29. The number of allylic oxidation sites excluding steroid dienone is 2. The summed E-state index contributed by atoms with van der Waals surface area (Å²) in [5.74, 6) is -2.07. The molecule has 0 fully saturated rings. The molecule has 0 aliphatic heterocycles. The van der Waals surface area contributed by atoms with Crippen LogP contribution in [0.15, 0.2) is 37.0 Å². The van der Waals surface area contributed by atoms with Crippen molar-refractivity contribution in [2.24, 2.45) is 0 Å². The van der Waals surface area contributed by atoms with E-state index < -0.39 is 54.7 Å². The third kappa shape index (κ3) is 12.0. The lowest BCUT2D eigenvalue weighted by molar-refractivity contribution is -0.261. The molecule has 1 N–H and O–H groups in total. The summed E-state index contributed by atoms with van der Waals surface area (Å²) in [7, 11) is 0. The first kappa shape index (κ1) is 28.9. The fourth-order valence-corrected chi connectivity index (χ4v) is 1.72. The number of hydrogen-bond acceptors (Lipinski definition) is 5. The molecule has 29 heavy (non-hydrogen) atoms. The van der Waals surface area contributed by atoms with Crippen molar-refractivity contribution in [1.82, 2.24) is 0 Å². The maximum absolute atomic E-state index is 12.4. The average Bonchev–Trinajstić information content (AvgIpc) is 2.53. The third-order valence-electron chi connectivity index (χ3n) is 3.06. The molecule has 0 saturated heterocycles. The molecule has 168 valence electrons. The van der Waals surface area contributed by atoms with E-state index in [9.17, 15) is 41.0 Å². The number of rotatable bonds is 9. The first-order chi connectivity index (χ1) is 13.2. The molecule has 0 aromatic carbocycles. The summed E-state index contributed by atoms with van der Waals surface area (Å²) < 4.78 is 82.4. The van der Waals surface area contributed by atoms with Gasteiger partial charge in [-0.05, 0) is 20.3 Å². The van der Waals surface area contributed by atoms with Gasteiger partial charge in [-0.1, -0.05) is 12.2 Å². The number of carbonyl (C=O) groups excluding carboxylic acids is 2. The molecule has 0 spiro atoms. The smallest absolute Gasteiger partial charge is 0.418 e. The summed E-state index contributed by atoms with van der Waals surface area (Å²) >= 11 is 0. The van der Waals surface area contributed by atoms with Gasteiger partial charge in [0, 0.05) is 18.1 Å². The number of halogens is 6. The van der Waals surface area contributed by atoms with Crippen LogP contribution in [-0.2, 0) is 19.1 Å². The quantitative estimate of drug-likeness (QED) is 0.252. The zero-order chi connectivity index (χ0) is 23.3. The van der Waals surface area contributed by atoms with E-state index >= 15 is 0 Å². The van der Waals surface area contributed by atoms with Gasteiger partial charge in [0.15, 0.2) is 5.60 Å². The Balaban J connectivity index is 0. The Morgan fingerprint density at radius 1 is 0.966 bits per heavy atom. The van der Waals surface area contributed by atoms with Gasteiger partial charge in [-0.3, -0.25) is 4.79 Å². The minimum atomic E-state index is -4.88. The van der Waals surface area contributed by atoms with Crippen LogP contribution in [0.1, 0.15) is 33.1 Å². The molecule has 5 nitrogen and oxygen atoms in total. The van der Waals surface area contributed by atoms with E-state index in [0.717, 1.165) is 12.2 Å². The standard InChI is InChI=1S/C9H13F3O3.C9H11F3O2/c1-3-5-8(14,9(10,11)12)6-7(13)15-4-2;1-3-5-7(9(10,11)12)6-8(13)14-4-2/h3,14H,1,4-6H2,2H3;3,6H,1,4-5H2,2H3/b;7-6+. The molecule has 0 bridgehead atoms. The number of hydrogen-bond donors (Lipinski definition) is 1. The largest absolute Gasteiger partial charge is 0.466 e. The van der Waals surface area contributed by atoms with Crippen LogP contribution >= 0.6 is 0 Å². The van der Waals surface area contributed by atoms with E-state index in [0.29, 0.717) is 6.08 Å². The molecule has 0 heterocycles. The molecule has 0 aliphatic rings. The van der Waals surface area contributed by atoms with Crippen molar-refractivity contribution in [2.45, 2.75) is 51.1 Å². The van der Waals surface area contributed by atoms with Gasteiger partial charge in [0.2, 0.25) is 0 Å². The van der Waals surface area contributed by atoms with Gasteiger partial charge >= 0.3 is 24.3 Å². The van der Waals surface area contributed by atoms with Gasteiger partial charge in [-0.2, -0.15) is 26.3 Å². The van der Waals surface area contributed by atoms with Gasteiger partial charge in [0.05, 0.1) is 19.6 Å². The second-order valence-electron chi connectivity index (χ2n) is 5.42. The molecule has 0 aromatic rings. The van der Waals surface area contributed by atoms with E-state index in [1.54, 1.807) is 0 Å². The SMILES string of the molecule is C=CC/C(=C\C(=O)OCC)C(F)(F)F.C=CCC(O)(CC(=O)OCC)C(F)(F)F. The van der Waals surface area contributed by atoms with Crippen molar-refractivity contribution in [3.05, 3.63) is 37.0 Å². The fourth-order valence-electron chi connectivity index (χ4n) is 1.72. The summed E-state index contributed by atoms with van der Waals surface area (Å²) in [6, 6.07) is 0. The third-order valence-corrected chi connectivity index (χ3v) is 3.06. The van der Waals surface area contributed by atoms with Gasteiger partial charge in [-0.15, -0.1) is 13.2 Å². The molecule has 1 unspecified atom stereocenters. The first-order valence-corrected chi connectivity index (χ1v) is 8.29. The molecular weight excluding hydrogens is 410 g/mol. The van der Waals surface area contributed by atoms with E-state index in [-0.39, 0.29) is 13.2 Å². The number of aliphatic hydroxyl groups is 1. The Morgan fingerprint density at radius 3 is 1.83 bits per heavy atom. The van der Waals surface area contributed by atoms with Crippen molar-refractivity contribution >= 4 is 11.9 Å². The minimum absolute atomic E-state index is 0.0269. The Bertz CT molecular complexity index is 580. The van der Waals surface area contributed by atoms with Gasteiger partial charge < -0.3 is 14.6 Å². The van der Waals surface area contributed by atoms with Crippen molar-refractivity contribution in [1.29, 1.82) is 0 Å². The van der Waals surface area contributed by atoms with Crippen molar-refractivity contribution in [2.75, 3.05) is 13.2 Å². The zero-order valence-electron chi connectivity index (χ0n) is 16.0. The molecule has 0 aromatic heterocycles. The second kappa shape index (κ2) is 13.0. The van der Waals surface area contributed by atoms with E-state index in [1.165, 1.54) is 13.8 Å². The predicted molar refractivity (Wildman–Crippen MR) is 92.7 cm³/mol. The summed E-state index contributed by atoms with van der Waals surface area (Å²) in [6.07, 6.45) is -9.21. The zero-order valence-corrected chi connectivity index (χ0v) is 16.0. The topological polar surface area (TPSA) is 72.8 Å². The molecule has 0 saturated carbocycles. The number of carbonyl (C=O) groups is 2. The van der Waals surface area contributed by atoms with E-state index in [1.807, 2.05) is 0 Å². The average molecular weight is 434 g/mol. The summed E-state index contributed by atoms with van der Waals surface area (Å²) in [5, 5.41) is 9.25. The first-order valence-electron chi connectivity index (χ1n) is 8.29. The van der Waals surface area contributed by atoms with Crippen LogP contribution in [0.3, 0.4) is 0 Å². The van der Waals surface area contributed by atoms with Crippen LogP contribution in [0.4, 0.5) is 26.3 Å². The molecule has 1 atom stereocenters.